The molecule has 0 aromatic carbocycles. The Balaban J connectivity index is 1.45. The maximum absolute atomic E-state index is 14.1. The third kappa shape index (κ3) is 5.24. The van der Waals surface area contributed by atoms with Gasteiger partial charge in [-0.3, -0.25) is 4.79 Å². The van der Waals surface area contributed by atoms with Gasteiger partial charge in [-0.05, 0) is 112 Å². The number of hydrogen-bond donors (Lipinski definition) is 5. The van der Waals surface area contributed by atoms with Crippen LogP contribution in [0.3, 0.4) is 0 Å². The molecule has 5 aliphatic rings. The third-order valence-corrected chi connectivity index (χ3v) is 13.7. The molecule has 4 aliphatic carbocycles. The van der Waals surface area contributed by atoms with Crippen molar-refractivity contribution in [1.82, 2.24) is 0 Å². The Labute approximate surface area is 263 Å². The molecule has 1 saturated heterocycles. The summed E-state index contributed by atoms with van der Waals surface area (Å²) in [7, 11) is 0. The molecule has 0 bridgehead atoms. The highest BCUT2D eigenvalue weighted by Crippen LogP contribution is 2.72. The number of hydrogen-bond acceptors (Lipinski definition) is 8. The van der Waals surface area contributed by atoms with Gasteiger partial charge in [0.2, 0.25) is 6.29 Å². The van der Waals surface area contributed by atoms with Crippen LogP contribution < -0.4 is 0 Å². The van der Waals surface area contributed by atoms with Crippen molar-refractivity contribution < 1.29 is 39.8 Å². The fourth-order valence-electron chi connectivity index (χ4n) is 10.8. The summed E-state index contributed by atoms with van der Waals surface area (Å²) < 4.78 is 11.4. The zero-order valence-electron chi connectivity index (χ0n) is 28.0. The first-order chi connectivity index (χ1) is 20.5. The summed E-state index contributed by atoms with van der Waals surface area (Å²) in [4.78, 5) is 14.1. The van der Waals surface area contributed by atoms with E-state index in [1.54, 1.807) is 11.1 Å². The smallest absolute Gasteiger partial charge is 0.311 e. The number of rotatable bonds is 7. The second-order valence-corrected chi connectivity index (χ2v) is 16.3. The van der Waals surface area contributed by atoms with Crippen LogP contribution in [0.1, 0.15) is 113 Å². The molecular weight excluding hydrogens is 560 g/mol. The Bertz CT molecular complexity index is 1150. The van der Waals surface area contributed by atoms with Crippen LogP contribution in [0.5, 0.6) is 0 Å². The van der Waals surface area contributed by atoms with Gasteiger partial charge in [0.25, 0.3) is 0 Å². The number of aliphatic hydroxyl groups is 5. The number of ether oxygens (including phenoxy) is 2. The Hall–Kier alpha value is -1.29. The highest BCUT2D eigenvalue weighted by molar-refractivity contribution is 5.73. The molecule has 0 unspecified atom stereocenters. The first-order valence-electron chi connectivity index (χ1n) is 17.1. The van der Waals surface area contributed by atoms with E-state index in [-0.39, 0.29) is 33.7 Å². The summed E-state index contributed by atoms with van der Waals surface area (Å²) in [5, 5.41) is 51.7. The van der Waals surface area contributed by atoms with Crippen molar-refractivity contribution in [3.63, 3.8) is 0 Å². The Morgan fingerprint density at radius 2 is 1.64 bits per heavy atom. The monoisotopic (exact) mass is 618 g/mol. The van der Waals surface area contributed by atoms with Gasteiger partial charge in [-0.25, -0.2) is 0 Å². The molecule has 44 heavy (non-hydrogen) atoms. The van der Waals surface area contributed by atoms with Gasteiger partial charge in [-0.15, -0.1) is 0 Å². The number of carbonyl (C=O) groups is 1. The SMILES string of the molecule is CC(C)=CCC[C@@H](C(=O)O[C@@H]1O[C@@H](CO)[C@@H](O)[C@H](O)[C@@H]1O)[C@H]1CC[C@@]2(C)C3=C(CC[C@]12C)[C@@]1(C)CC[C@H](O)C(C)(C)[C@@H]1CC3. The molecule has 250 valence electrons. The fourth-order valence-corrected chi connectivity index (χ4v) is 10.8. The molecule has 3 fully saturated rings. The second-order valence-electron chi connectivity index (χ2n) is 16.3. The lowest BCUT2D eigenvalue weighted by molar-refractivity contribution is -0.294. The Morgan fingerprint density at radius 3 is 2.30 bits per heavy atom. The molecule has 0 spiro atoms. The van der Waals surface area contributed by atoms with Crippen molar-refractivity contribution in [3.8, 4) is 0 Å². The average Bonchev–Trinajstić information content (AvgIpc) is 3.24. The number of carbonyl (C=O) groups excluding carboxylic acids is 1. The fraction of sp³-hybridized carbons (Fsp3) is 0.861. The molecule has 8 nitrogen and oxygen atoms in total. The van der Waals surface area contributed by atoms with Crippen molar-refractivity contribution in [2.75, 3.05) is 6.61 Å². The van der Waals surface area contributed by atoms with Gasteiger partial charge in [-0.2, -0.15) is 0 Å². The van der Waals surface area contributed by atoms with Gasteiger partial charge < -0.3 is 35.0 Å². The predicted octanol–water partition coefficient (Wildman–Crippen LogP) is 4.80. The van der Waals surface area contributed by atoms with E-state index in [0.29, 0.717) is 12.3 Å². The molecule has 0 aromatic rings. The lowest BCUT2D eigenvalue weighted by Gasteiger charge is -2.62. The first kappa shape index (κ1) is 34.1. The quantitative estimate of drug-likeness (QED) is 0.203. The summed E-state index contributed by atoms with van der Waals surface area (Å²) in [6.07, 6.45) is 3.80. The number of allylic oxidation sites excluding steroid dienone is 4. The highest BCUT2D eigenvalue weighted by Gasteiger charge is 2.64. The molecule has 5 N–H and O–H groups in total. The van der Waals surface area contributed by atoms with Crippen LogP contribution in [0.25, 0.3) is 0 Å². The Morgan fingerprint density at radius 1 is 0.932 bits per heavy atom. The van der Waals surface area contributed by atoms with Gasteiger partial charge in [0.05, 0.1) is 18.6 Å². The van der Waals surface area contributed by atoms with Gasteiger partial charge in [0.1, 0.15) is 24.4 Å². The van der Waals surface area contributed by atoms with Crippen molar-refractivity contribution in [1.29, 1.82) is 0 Å². The zero-order chi connectivity index (χ0) is 32.4. The van der Waals surface area contributed by atoms with Crippen LogP contribution in [0.4, 0.5) is 0 Å². The van der Waals surface area contributed by atoms with E-state index in [4.69, 9.17) is 9.47 Å². The van der Waals surface area contributed by atoms with E-state index in [1.165, 1.54) is 5.57 Å². The summed E-state index contributed by atoms with van der Waals surface area (Å²) in [5.74, 6) is -0.360. The molecule has 2 saturated carbocycles. The highest BCUT2D eigenvalue weighted by atomic mass is 16.7. The second kappa shape index (κ2) is 12.1. The van der Waals surface area contributed by atoms with E-state index < -0.39 is 49.2 Å². The molecule has 0 amide bonds. The Kier molecular flexibility index (Phi) is 9.33. The summed E-state index contributed by atoms with van der Waals surface area (Å²) >= 11 is 0. The van der Waals surface area contributed by atoms with Crippen LogP contribution in [0, 0.1) is 39.4 Å². The van der Waals surface area contributed by atoms with Crippen LogP contribution in [0.2, 0.25) is 0 Å². The number of esters is 1. The molecule has 12 atom stereocenters. The minimum Gasteiger partial charge on any atom is -0.432 e. The van der Waals surface area contributed by atoms with Crippen molar-refractivity contribution in [2.24, 2.45) is 39.4 Å². The molecule has 8 heteroatoms. The molecular formula is C36H58O8. The summed E-state index contributed by atoms with van der Waals surface area (Å²) in [6.45, 7) is 15.3. The topological polar surface area (TPSA) is 137 Å². The van der Waals surface area contributed by atoms with Crippen molar-refractivity contribution >= 4 is 5.97 Å². The first-order valence-corrected chi connectivity index (χ1v) is 17.1. The maximum atomic E-state index is 14.1. The average molecular weight is 619 g/mol. The van der Waals surface area contributed by atoms with E-state index in [2.05, 4.69) is 40.7 Å². The minimum atomic E-state index is -1.61. The van der Waals surface area contributed by atoms with Crippen LogP contribution in [-0.2, 0) is 14.3 Å². The lowest BCUT2D eigenvalue weighted by atomic mass is 9.43. The lowest BCUT2D eigenvalue weighted by Crippen LogP contribution is -2.59. The van der Waals surface area contributed by atoms with Gasteiger partial charge in [-0.1, -0.05) is 57.4 Å². The number of aliphatic hydroxyl groups excluding tert-OH is 5. The van der Waals surface area contributed by atoms with Crippen LogP contribution in [0.15, 0.2) is 22.8 Å². The van der Waals surface area contributed by atoms with Crippen molar-refractivity contribution in [3.05, 3.63) is 22.8 Å². The third-order valence-electron chi connectivity index (χ3n) is 13.7. The summed E-state index contributed by atoms with van der Waals surface area (Å²) in [6, 6.07) is 0. The normalized spacial score (nSPS) is 45.5. The minimum absolute atomic E-state index is 0.0440. The van der Waals surface area contributed by atoms with E-state index in [0.717, 1.165) is 57.8 Å². The number of fused-ring (bicyclic) bond motifs is 4. The standard InChI is InChI=1S/C36H58O8/c1-20(2)9-8-10-21(31(42)44-32-30(41)29(40)28(39)25(19-37)43-32)22-13-17-36(7)24-11-12-26-33(3,4)27(38)15-16-34(26,5)23(24)14-18-35(22,36)6/h9,21-22,25-30,32,37-41H,8,10-19H2,1-7H3/t21-,22-,25+,26+,27+,28-,29+,30+,32+,34-,35-,36+/m1/s1. The molecule has 1 aliphatic heterocycles. The van der Waals surface area contributed by atoms with Crippen LogP contribution >= 0.6 is 0 Å². The molecule has 0 radical (unpaired) electrons. The van der Waals surface area contributed by atoms with E-state index in [1.807, 2.05) is 13.8 Å². The molecule has 5 rings (SSSR count). The van der Waals surface area contributed by atoms with E-state index >= 15 is 0 Å². The summed E-state index contributed by atoms with van der Waals surface area (Å²) in [5.41, 5.74) is 4.22. The molecule has 0 aromatic heterocycles. The van der Waals surface area contributed by atoms with Gasteiger partial charge >= 0.3 is 5.97 Å². The van der Waals surface area contributed by atoms with E-state index in [9.17, 15) is 30.3 Å². The van der Waals surface area contributed by atoms with Crippen LogP contribution in [-0.4, -0.2) is 74.9 Å². The van der Waals surface area contributed by atoms with Gasteiger partial charge in [0.15, 0.2) is 0 Å². The van der Waals surface area contributed by atoms with Crippen molar-refractivity contribution in [2.45, 2.75) is 149 Å². The maximum Gasteiger partial charge on any atom is 0.311 e. The largest absolute Gasteiger partial charge is 0.432 e. The van der Waals surface area contributed by atoms with Gasteiger partial charge in [0, 0.05) is 0 Å². The molecule has 1 heterocycles. The zero-order valence-corrected chi connectivity index (χ0v) is 28.0. The predicted molar refractivity (Wildman–Crippen MR) is 167 cm³/mol.